The highest BCUT2D eigenvalue weighted by Crippen LogP contribution is 2.19. The van der Waals surface area contributed by atoms with Gasteiger partial charge in [0.15, 0.2) is 0 Å². The SMILES string of the molecule is CCCC[C@H](NC(=O)C(C)C(CC)CC)C(=O)O. The summed E-state index contributed by atoms with van der Waals surface area (Å²) in [5.41, 5.74) is 0. The van der Waals surface area contributed by atoms with Gasteiger partial charge in [-0.15, -0.1) is 0 Å². The Kier molecular flexibility index (Phi) is 8.42. The quantitative estimate of drug-likeness (QED) is 0.667. The number of nitrogens with one attached hydrogen (secondary N) is 1. The van der Waals surface area contributed by atoms with E-state index in [1.165, 1.54) is 0 Å². The van der Waals surface area contributed by atoms with Crippen molar-refractivity contribution in [2.45, 2.75) is 65.8 Å². The monoisotopic (exact) mass is 257 g/mol. The Morgan fingerprint density at radius 3 is 2.11 bits per heavy atom. The lowest BCUT2D eigenvalue weighted by molar-refractivity contribution is -0.143. The van der Waals surface area contributed by atoms with Gasteiger partial charge >= 0.3 is 5.97 Å². The van der Waals surface area contributed by atoms with Crippen LogP contribution in [0.1, 0.15) is 59.8 Å². The number of carbonyl (C=O) groups is 2. The van der Waals surface area contributed by atoms with Gasteiger partial charge in [0.1, 0.15) is 6.04 Å². The van der Waals surface area contributed by atoms with Gasteiger partial charge in [0, 0.05) is 5.92 Å². The Morgan fingerprint density at radius 1 is 1.17 bits per heavy atom. The molecule has 0 rings (SSSR count). The molecule has 0 aliphatic carbocycles. The molecule has 0 saturated carbocycles. The van der Waals surface area contributed by atoms with Crippen molar-refractivity contribution in [3.8, 4) is 0 Å². The molecule has 0 bridgehead atoms. The lowest BCUT2D eigenvalue weighted by Gasteiger charge is -2.23. The highest BCUT2D eigenvalue weighted by Gasteiger charge is 2.25. The number of carbonyl (C=O) groups excluding carboxylic acids is 1. The van der Waals surface area contributed by atoms with Crippen molar-refractivity contribution >= 4 is 11.9 Å². The van der Waals surface area contributed by atoms with Crippen LogP contribution in [-0.2, 0) is 9.59 Å². The number of hydrogen-bond donors (Lipinski definition) is 2. The van der Waals surface area contributed by atoms with E-state index in [0.717, 1.165) is 25.7 Å². The third kappa shape index (κ3) is 5.52. The molecule has 0 radical (unpaired) electrons. The van der Waals surface area contributed by atoms with E-state index < -0.39 is 12.0 Å². The van der Waals surface area contributed by atoms with Crippen LogP contribution in [0.5, 0.6) is 0 Å². The number of aliphatic carboxylic acids is 1. The molecule has 18 heavy (non-hydrogen) atoms. The Morgan fingerprint density at radius 2 is 1.72 bits per heavy atom. The van der Waals surface area contributed by atoms with Gasteiger partial charge in [-0.25, -0.2) is 4.79 Å². The Balaban J connectivity index is 4.44. The molecule has 0 aromatic carbocycles. The van der Waals surface area contributed by atoms with Gasteiger partial charge in [0.2, 0.25) is 5.91 Å². The average molecular weight is 257 g/mol. The summed E-state index contributed by atoms with van der Waals surface area (Å²) in [6, 6.07) is -0.741. The third-order valence-corrected chi connectivity index (χ3v) is 3.63. The summed E-state index contributed by atoms with van der Waals surface area (Å²) in [4.78, 5) is 23.1. The van der Waals surface area contributed by atoms with Crippen molar-refractivity contribution < 1.29 is 14.7 Å². The highest BCUT2D eigenvalue weighted by atomic mass is 16.4. The number of carboxylic acids is 1. The van der Waals surface area contributed by atoms with Crippen molar-refractivity contribution in [1.82, 2.24) is 5.32 Å². The van der Waals surface area contributed by atoms with Gasteiger partial charge in [0.25, 0.3) is 0 Å². The summed E-state index contributed by atoms with van der Waals surface area (Å²) >= 11 is 0. The van der Waals surface area contributed by atoms with E-state index >= 15 is 0 Å². The van der Waals surface area contributed by atoms with E-state index in [1.807, 2.05) is 13.8 Å². The van der Waals surface area contributed by atoms with Gasteiger partial charge in [-0.3, -0.25) is 4.79 Å². The number of amides is 1. The molecule has 0 saturated heterocycles. The first-order chi connectivity index (χ1) is 8.47. The molecule has 0 aliphatic heterocycles. The van der Waals surface area contributed by atoms with Crippen LogP contribution in [-0.4, -0.2) is 23.0 Å². The van der Waals surface area contributed by atoms with Crippen molar-refractivity contribution in [2.75, 3.05) is 0 Å². The molecule has 2 N–H and O–H groups in total. The second kappa shape index (κ2) is 8.95. The molecule has 0 aliphatic rings. The standard InChI is InChI=1S/C14H27NO3/c1-5-8-9-12(14(17)18)15-13(16)10(4)11(6-2)7-3/h10-12H,5-9H2,1-4H3,(H,15,16)(H,17,18)/t10?,12-/m0/s1. The fourth-order valence-electron chi connectivity index (χ4n) is 2.18. The number of hydrogen-bond acceptors (Lipinski definition) is 2. The fourth-order valence-corrected chi connectivity index (χ4v) is 2.18. The van der Waals surface area contributed by atoms with Crippen LogP contribution < -0.4 is 5.32 Å². The van der Waals surface area contributed by atoms with Crippen LogP contribution in [0.15, 0.2) is 0 Å². The van der Waals surface area contributed by atoms with Crippen LogP contribution >= 0.6 is 0 Å². The molecule has 0 fully saturated rings. The second-order valence-corrected chi connectivity index (χ2v) is 4.91. The van der Waals surface area contributed by atoms with E-state index in [4.69, 9.17) is 5.11 Å². The minimum absolute atomic E-state index is 0.122. The molecule has 0 spiro atoms. The first-order valence-electron chi connectivity index (χ1n) is 7.00. The molecule has 106 valence electrons. The van der Waals surface area contributed by atoms with E-state index in [9.17, 15) is 9.59 Å². The zero-order valence-electron chi connectivity index (χ0n) is 12.0. The minimum Gasteiger partial charge on any atom is -0.480 e. The van der Waals surface area contributed by atoms with E-state index in [-0.39, 0.29) is 11.8 Å². The van der Waals surface area contributed by atoms with Gasteiger partial charge in [-0.05, 0) is 12.3 Å². The van der Waals surface area contributed by atoms with E-state index in [1.54, 1.807) is 0 Å². The minimum atomic E-state index is -0.937. The van der Waals surface area contributed by atoms with Crippen molar-refractivity contribution in [1.29, 1.82) is 0 Å². The van der Waals surface area contributed by atoms with Gasteiger partial charge in [-0.2, -0.15) is 0 Å². The largest absolute Gasteiger partial charge is 0.480 e. The lowest BCUT2D eigenvalue weighted by atomic mass is 9.88. The summed E-state index contributed by atoms with van der Waals surface area (Å²) < 4.78 is 0. The molecular weight excluding hydrogens is 230 g/mol. The maximum Gasteiger partial charge on any atom is 0.326 e. The van der Waals surface area contributed by atoms with Crippen molar-refractivity contribution in [3.63, 3.8) is 0 Å². The molecule has 0 aromatic heterocycles. The number of rotatable bonds is 9. The van der Waals surface area contributed by atoms with Crippen LogP contribution in [0, 0.1) is 11.8 Å². The van der Waals surface area contributed by atoms with Gasteiger partial charge in [-0.1, -0.05) is 53.4 Å². The van der Waals surface area contributed by atoms with E-state index in [2.05, 4.69) is 19.2 Å². The summed E-state index contributed by atoms with van der Waals surface area (Å²) in [5, 5.41) is 11.7. The summed E-state index contributed by atoms with van der Waals surface area (Å²) in [6.45, 7) is 8.01. The molecule has 1 amide bonds. The predicted molar refractivity (Wildman–Crippen MR) is 72.3 cm³/mol. The van der Waals surface area contributed by atoms with Gasteiger partial charge < -0.3 is 10.4 Å². The molecule has 4 heteroatoms. The van der Waals surface area contributed by atoms with Crippen LogP contribution in [0.2, 0.25) is 0 Å². The van der Waals surface area contributed by atoms with E-state index in [0.29, 0.717) is 12.3 Å². The van der Waals surface area contributed by atoms with Crippen LogP contribution in [0.3, 0.4) is 0 Å². The average Bonchev–Trinajstić information content (AvgIpc) is 2.35. The third-order valence-electron chi connectivity index (χ3n) is 3.63. The Labute approximate surface area is 110 Å². The maximum atomic E-state index is 12.0. The number of carboxylic acid groups (broad SMARTS) is 1. The maximum absolute atomic E-state index is 12.0. The number of unbranched alkanes of at least 4 members (excludes halogenated alkanes) is 1. The predicted octanol–water partition coefficient (Wildman–Crippen LogP) is 2.82. The Hall–Kier alpha value is -1.06. The normalized spacial score (nSPS) is 14.3. The van der Waals surface area contributed by atoms with Crippen molar-refractivity contribution in [2.24, 2.45) is 11.8 Å². The summed E-state index contributed by atoms with van der Waals surface area (Å²) in [6.07, 6.45) is 4.14. The molecule has 2 atom stereocenters. The summed E-state index contributed by atoms with van der Waals surface area (Å²) in [5.74, 6) is -0.866. The molecular formula is C14H27NO3. The first kappa shape index (κ1) is 16.9. The zero-order chi connectivity index (χ0) is 14.1. The smallest absolute Gasteiger partial charge is 0.326 e. The topological polar surface area (TPSA) is 66.4 Å². The fraction of sp³-hybridized carbons (Fsp3) is 0.857. The van der Waals surface area contributed by atoms with Crippen LogP contribution in [0.4, 0.5) is 0 Å². The molecule has 0 aromatic rings. The summed E-state index contributed by atoms with van der Waals surface area (Å²) in [7, 11) is 0. The molecule has 4 nitrogen and oxygen atoms in total. The zero-order valence-corrected chi connectivity index (χ0v) is 12.0. The van der Waals surface area contributed by atoms with Crippen molar-refractivity contribution in [3.05, 3.63) is 0 Å². The highest BCUT2D eigenvalue weighted by molar-refractivity contribution is 5.84. The Bertz CT molecular complexity index is 262. The second-order valence-electron chi connectivity index (χ2n) is 4.91. The lowest BCUT2D eigenvalue weighted by Crippen LogP contribution is -2.44. The first-order valence-corrected chi connectivity index (χ1v) is 7.00. The molecule has 0 heterocycles. The van der Waals surface area contributed by atoms with Crippen LogP contribution in [0.25, 0.3) is 0 Å². The van der Waals surface area contributed by atoms with Gasteiger partial charge in [0.05, 0.1) is 0 Å². The molecule has 1 unspecified atom stereocenters.